The van der Waals surface area contributed by atoms with Crippen LogP contribution in [0.1, 0.15) is 44.2 Å². The van der Waals surface area contributed by atoms with Gasteiger partial charge >= 0.3 is 6.18 Å². The standard InChI is InChI=1S/C18H25F3N2O/c1-17(2,13-6-4-7-14(9-13)18(19,20)21)11-23-16(24)15-8-3-5-12(15)10-22/h4,6-7,9,12,15H,3,5,8,10-11,22H2,1-2H3,(H,23,24)/t12-,15-/m1/s1. The molecule has 134 valence electrons. The highest BCUT2D eigenvalue weighted by molar-refractivity contribution is 5.79. The van der Waals surface area contributed by atoms with Gasteiger partial charge < -0.3 is 11.1 Å². The number of rotatable bonds is 5. The average Bonchev–Trinajstić information content (AvgIpc) is 3.00. The van der Waals surface area contributed by atoms with Gasteiger partial charge in [-0.15, -0.1) is 0 Å². The molecule has 1 aliphatic rings. The molecule has 0 bridgehead atoms. The van der Waals surface area contributed by atoms with Crippen LogP contribution in [0.25, 0.3) is 0 Å². The van der Waals surface area contributed by atoms with E-state index in [1.54, 1.807) is 6.07 Å². The number of hydrogen-bond acceptors (Lipinski definition) is 2. The highest BCUT2D eigenvalue weighted by Crippen LogP contribution is 2.33. The van der Waals surface area contributed by atoms with Gasteiger partial charge in [0.25, 0.3) is 0 Å². The van der Waals surface area contributed by atoms with Crippen LogP contribution in [-0.4, -0.2) is 19.0 Å². The molecule has 3 N–H and O–H groups in total. The van der Waals surface area contributed by atoms with Gasteiger partial charge in [0.2, 0.25) is 5.91 Å². The zero-order chi connectivity index (χ0) is 18.0. The molecular weight excluding hydrogens is 317 g/mol. The first-order chi connectivity index (χ1) is 11.1. The molecule has 0 unspecified atom stereocenters. The van der Waals surface area contributed by atoms with E-state index in [1.807, 2.05) is 13.8 Å². The van der Waals surface area contributed by atoms with Gasteiger partial charge in [0.1, 0.15) is 0 Å². The number of carbonyl (C=O) groups is 1. The number of nitrogens with one attached hydrogen (secondary N) is 1. The molecule has 1 fully saturated rings. The fourth-order valence-corrected chi connectivity index (χ4v) is 3.32. The summed E-state index contributed by atoms with van der Waals surface area (Å²) in [5.74, 6) is 0.0944. The van der Waals surface area contributed by atoms with E-state index in [-0.39, 0.29) is 17.7 Å². The Hall–Kier alpha value is -1.56. The minimum absolute atomic E-state index is 0.0389. The number of hydrogen-bond donors (Lipinski definition) is 2. The van der Waals surface area contributed by atoms with Gasteiger partial charge in [-0.1, -0.05) is 38.5 Å². The van der Waals surface area contributed by atoms with Gasteiger partial charge in [-0.05, 0) is 36.9 Å². The van der Waals surface area contributed by atoms with E-state index in [0.717, 1.165) is 31.4 Å². The van der Waals surface area contributed by atoms with E-state index in [0.29, 0.717) is 18.7 Å². The SMILES string of the molecule is CC(C)(CNC(=O)[C@@H]1CCC[C@@H]1CN)c1cccc(C(F)(F)F)c1. The summed E-state index contributed by atoms with van der Waals surface area (Å²) in [6.45, 7) is 4.45. The van der Waals surface area contributed by atoms with Gasteiger partial charge in [0.15, 0.2) is 0 Å². The number of halogens is 3. The van der Waals surface area contributed by atoms with Crippen LogP contribution in [0.15, 0.2) is 24.3 Å². The molecule has 0 aliphatic heterocycles. The summed E-state index contributed by atoms with van der Waals surface area (Å²) in [7, 11) is 0. The van der Waals surface area contributed by atoms with Crippen molar-refractivity contribution in [2.75, 3.05) is 13.1 Å². The monoisotopic (exact) mass is 342 g/mol. The van der Waals surface area contributed by atoms with E-state index < -0.39 is 17.2 Å². The number of nitrogens with two attached hydrogens (primary N) is 1. The molecule has 24 heavy (non-hydrogen) atoms. The predicted molar refractivity (Wildman–Crippen MR) is 87.4 cm³/mol. The van der Waals surface area contributed by atoms with Gasteiger partial charge in [0, 0.05) is 17.9 Å². The van der Waals surface area contributed by atoms with Crippen molar-refractivity contribution in [2.45, 2.75) is 44.7 Å². The van der Waals surface area contributed by atoms with Crippen LogP contribution in [0.4, 0.5) is 13.2 Å². The Morgan fingerprint density at radius 3 is 2.54 bits per heavy atom. The minimum Gasteiger partial charge on any atom is -0.355 e. The Labute approximate surface area is 140 Å². The lowest BCUT2D eigenvalue weighted by Crippen LogP contribution is -2.41. The van der Waals surface area contributed by atoms with Gasteiger partial charge in [-0.25, -0.2) is 0 Å². The molecule has 0 saturated heterocycles. The third-order valence-electron chi connectivity index (χ3n) is 4.97. The van der Waals surface area contributed by atoms with Crippen LogP contribution in [0.2, 0.25) is 0 Å². The lowest BCUT2D eigenvalue weighted by atomic mass is 9.83. The molecule has 3 nitrogen and oxygen atoms in total. The topological polar surface area (TPSA) is 55.1 Å². The predicted octanol–water partition coefficient (Wildman–Crippen LogP) is 3.47. The summed E-state index contributed by atoms with van der Waals surface area (Å²) < 4.78 is 38.6. The van der Waals surface area contributed by atoms with Crippen LogP contribution in [0.5, 0.6) is 0 Å². The van der Waals surface area contributed by atoms with Crippen LogP contribution in [0, 0.1) is 11.8 Å². The van der Waals surface area contributed by atoms with Crippen molar-refractivity contribution in [3.8, 4) is 0 Å². The molecule has 1 aromatic carbocycles. The lowest BCUT2D eigenvalue weighted by molar-refractivity contribution is -0.137. The summed E-state index contributed by atoms with van der Waals surface area (Å²) in [6.07, 6.45) is -1.58. The largest absolute Gasteiger partial charge is 0.416 e. The Morgan fingerprint density at radius 1 is 1.25 bits per heavy atom. The Balaban J connectivity index is 2.04. The van der Waals surface area contributed by atoms with E-state index in [4.69, 9.17) is 5.73 Å². The number of amides is 1. The molecule has 6 heteroatoms. The van der Waals surface area contributed by atoms with Gasteiger partial charge in [-0.3, -0.25) is 4.79 Å². The molecule has 1 saturated carbocycles. The second-order valence-electron chi connectivity index (χ2n) is 7.21. The second-order valence-corrected chi connectivity index (χ2v) is 7.21. The summed E-state index contributed by atoms with van der Waals surface area (Å²) in [5, 5.41) is 2.91. The van der Waals surface area contributed by atoms with Crippen molar-refractivity contribution in [2.24, 2.45) is 17.6 Å². The molecule has 2 atom stereocenters. The quantitative estimate of drug-likeness (QED) is 0.861. The number of benzene rings is 1. The first kappa shape index (κ1) is 18.8. The maximum absolute atomic E-state index is 12.9. The Bertz CT molecular complexity index is 584. The third-order valence-corrected chi connectivity index (χ3v) is 4.97. The molecular formula is C18H25F3N2O. The normalized spacial score (nSPS) is 21.8. The summed E-state index contributed by atoms with van der Waals surface area (Å²) in [4.78, 5) is 12.4. The van der Waals surface area contributed by atoms with Crippen LogP contribution in [0.3, 0.4) is 0 Å². The molecule has 0 radical (unpaired) electrons. The molecule has 0 spiro atoms. The second kappa shape index (κ2) is 7.13. The molecule has 1 aromatic rings. The third kappa shape index (κ3) is 4.29. The van der Waals surface area contributed by atoms with Gasteiger partial charge in [0.05, 0.1) is 5.56 Å². The smallest absolute Gasteiger partial charge is 0.355 e. The van der Waals surface area contributed by atoms with Crippen molar-refractivity contribution in [3.05, 3.63) is 35.4 Å². The molecule has 2 rings (SSSR count). The number of carbonyl (C=O) groups excluding carboxylic acids is 1. The van der Waals surface area contributed by atoms with Gasteiger partial charge in [-0.2, -0.15) is 13.2 Å². The Kier molecular flexibility index (Phi) is 5.58. The maximum Gasteiger partial charge on any atom is 0.416 e. The van der Waals surface area contributed by atoms with Crippen LogP contribution < -0.4 is 11.1 Å². The first-order valence-electron chi connectivity index (χ1n) is 8.30. The molecule has 1 aliphatic carbocycles. The Morgan fingerprint density at radius 2 is 1.92 bits per heavy atom. The first-order valence-corrected chi connectivity index (χ1v) is 8.30. The fraction of sp³-hybridized carbons (Fsp3) is 0.611. The highest BCUT2D eigenvalue weighted by atomic mass is 19.4. The van der Waals surface area contributed by atoms with Crippen LogP contribution in [-0.2, 0) is 16.4 Å². The van der Waals surface area contributed by atoms with Crippen molar-refractivity contribution in [1.82, 2.24) is 5.32 Å². The molecule has 0 heterocycles. The van der Waals surface area contributed by atoms with Crippen molar-refractivity contribution in [3.63, 3.8) is 0 Å². The average molecular weight is 342 g/mol. The van der Waals surface area contributed by atoms with Crippen LogP contribution >= 0.6 is 0 Å². The highest BCUT2D eigenvalue weighted by Gasteiger charge is 2.34. The summed E-state index contributed by atoms with van der Waals surface area (Å²) in [5.41, 5.74) is 5.00. The van der Waals surface area contributed by atoms with Crippen molar-refractivity contribution < 1.29 is 18.0 Å². The van der Waals surface area contributed by atoms with Crippen molar-refractivity contribution >= 4 is 5.91 Å². The van der Waals surface area contributed by atoms with E-state index in [2.05, 4.69) is 5.32 Å². The minimum atomic E-state index is -4.37. The maximum atomic E-state index is 12.9. The zero-order valence-corrected chi connectivity index (χ0v) is 14.1. The molecule has 1 amide bonds. The van der Waals surface area contributed by atoms with E-state index in [9.17, 15) is 18.0 Å². The summed E-state index contributed by atoms with van der Waals surface area (Å²) in [6, 6.07) is 5.29. The zero-order valence-electron chi connectivity index (χ0n) is 14.1. The molecule has 0 aromatic heterocycles. The van der Waals surface area contributed by atoms with E-state index >= 15 is 0 Å². The lowest BCUT2D eigenvalue weighted by Gasteiger charge is -2.28. The van der Waals surface area contributed by atoms with Crippen molar-refractivity contribution in [1.29, 1.82) is 0 Å². The number of alkyl halides is 3. The van der Waals surface area contributed by atoms with E-state index in [1.165, 1.54) is 6.07 Å². The summed E-state index contributed by atoms with van der Waals surface area (Å²) >= 11 is 0. The fourth-order valence-electron chi connectivity index (χ4n) is 3.32.